The predicted octanol–water partition coefficient (Wildman–Crippen LogP) is 0.930. The van der Waals surface area contributed by atoms with E-state index in [1.165, 1.54) is 0 Å². The van der Waals surface area contributed by atoms with Gasteiger partial charge in [0.25, 0.3) is 5.92 Å². The third-order valence-corrected chi connectivity index (χ3v) is 3.31. The van der Waals surface area contributed by atoms with Gasteiger partial charge in [-0.15, -0.1) is 0 Å². The van der Waals surface area contributed by atoms with Crippen molar-refractivity contribution in [1.29, 1.82) is 0 Å². The van der Waals surface area contributed by atoms with Crippen molar-refractivity contribution in [3.05, 3.63) is 0 Å². The number of carbonyl (C=O) groups excluding carboxylic acids is 2. The van der Waals surface area contributed by atoms with E-state index < -0.39 is 61.1 Å². The molecule has 0 aromatic heterocycles. The van der Waals surface area contributed by atoms with Gasteiger partial charge in [-0.25, -0.2) is 18.4 Å². The summed E-state index contributed by atoms with van der Waals surface area (Å²) in [5, 5.41) is 20.7. The summed E-state index contributed by atoms with van der Waals surface area (Å²) in [7, 11) is 0. The molecule has 2 atom stereocenters. The van der Waals surface area contributed by atoms with Crippen LogP contribution in [0.2, 0.25) is 0 Å². The molecule has 1 aliphatic rings. The zero-order valence-corrected chi connectivity index (χ0v) is 13.7. The number of rotatable bonds is 5. The average Bonchev–Trinajstić information content (AvgIpc) is 2.40. The summed E-state index contributed by atoms with van der Waals surface area (Å²) in [6, 6.07) is -1.45. The van der Waals surface area contributed by atoms with E-state index in [1.807, 2.05) is 0 Å². The molecule has 10 heteroatoms. The minimum atomic E-state index is -3.45. The number of aliphatic hydroxyl groups is 1. The molecule has 1 fully saturated rings. The van der Waals surface area contributed by atoms with Crippen LogP contribution in [-0.2, 0) is 14.3 Å². The van der Waals surface area contributed by atoms with Gasteiger partial charge in [0.2, 0.25) is 5.91 Å². The van der Waals surface area contributed by atoms with Gasteiger partial charge in [-0.1, -0.05) is 0 Å². The Hall–Kier alpha value is -1.97. The fourth-order valence-electron chi connectivity index (χ4n) is 2.13. The van der Waals surface area contributed by atoms with Crippen LogP contribution in [0.3, 0.4) is 0 Å². The highest BCUT2D eigenvalue weighted by molar-refractivity contribution is 5.80. The Balaban J connectivity index is 2.67. The van der Waals surface area contributed by atoms with E-state index in [4.69, 9.17) is 9.84 Å². The third-order valence-electron chi connectivity index (χ3n) is 3.31. The zero-order valence-electron chi connectivity index (χ0n) is 13.7. The Labute approximate surface area is 137 Å². The predicted molar refractivity (Wildman–Crippen MR) is 77.3 cm³/mol. The maximum absolute atomic E-state index is 13.5. The number of carboxylic acids is 1. The topological polar surface area (TPSA) is 116 Å². The molecule has 24 heavy (non-hydrogen) atoms. The molecule has 0 saturated carbocycles. The van der Waals surface area contributed by atoms with E-state index in [9.17, 15) is 28.3 Å². The van der Waals surface area contributed by atoms with Crippen molar-refractivity contribution in [2.45, 2.75) is 63.8 Å². The SMILES string of the molecule is CC(C)(C)OC(=O)NC(CCN1C(=O)CCC(F)(F)C1O)C(=O)O. The molecule has 1 heterocycles. The Bertz CT molecular complexity index is 506. The lowest BCUT2D eigenvalue weighted by Crippen LogP contribution is -2.56. The summed E-state index contributed by atoms with van der Waals surface area (Å²) in [4.78, 5) is 35.0. The molecule has 1 saturated heterocycles. The van der Waals surface area contributed by atoms with Gasteiger partial charge in [-0.3, -0.25) is 4.79 Å². The number of nitrogens with one attached hydrogen (secondary N) is 1. The number of carboxylic acid groups (broad SMARTS) is 1. The summed E-state index contributed by atoms with van der Waals surface area (Å²) in [5.74, 6) is -5.56. The van der Waals surface area contributed by atoms with Gasteiger partial charge in [0, 0.05) is 19.4 Å². The van der Waals surface area contributed by atoms with Crippen LogP contribution in [-0.4, -0.2) is 63.4 Å². The molecule has 0 radical (unpaired) electrons. The molecule has 3 N–H and O–H groups in total. The number of carbonyl (C=O) groups is 3. The highest BCUT2D eigenvalue weighted by Crippen LogP contribution is 2.32. The van der Waals surface area contributed by atoms with Gasteiger partial charge < -0.3 is 25.2 Å². The molecule has 1 rings (SSSR count). The molecule has 2 amide bonds. The Morgan fingerprint density at radius 3 is 2.54 bits per heavy atom. The lowest BCUT2D eigenvalue weighted by atomic mass is 10.0. The fraction of sp³-hybridized carbons (Fsp3) is 0.786. The van der Waals surface area contributed by atoms with Gasteiger partial charge in [-0.2, -0.15) is 0 Å². The summed E-state index contributed by atoms with van der Waals surface area (Å²) in [5.41, 5.74) is -0.839. The van der Waals surface area contributed by atoms with E-state index in [0.717, 1.165) is 0 Å². The first-order valence-corrected chi connectivity index (χ1v) is 7.41. The second-order valence-corrected chi connectivity index (χ2v) is 6.55. The second-order valence-electron chi connectivity index (χ2n) is 6.55. The van der Waals surface area contributed by atoms with Crippen molar-refractivity contribution in [1.82, 2.24) is 10.2 Å². The molecule has 0 aromatic rings. The van der Waals surface area contributed by atoms with Crippen molar-refractivity contribution in [2.24, 2.45) is 0 Å². The average molecular weight is 352 g/mol. The van der Waals surface area contributed by atoms with Gasteiger partial charge in [0.15, 0.2) is 6.23 Å². The molecule has 0 spiro atoms. The molecular weight excluding hydrogens is 330 g/mol. The van der Waals surface area contributed by atoms with Gasteiger partial charge in [0.05, 0.1) is 0 Å². The molecule has 8 nitrogen and oxygen atoms in total. The zero-order chi connectivity index (χ0) is 18.7. The standard InChI is InChI=1S/C14H22F2N2O6/c1-13(2,3)24-12(23)17-8(10(20)21)5-7-18-9(19)4-6-14(15,16)11(18)22/h8,11,22H,4-7H2,1-3H3,(H,17,23)(H,20,21). The molecule has 0 bridgehead atoms. The summed E-state index contributed by atoms with van der Waals surface area (Å²) >= 11 is 0. The first-order chi connectivity index (χ1) is 10.8. The van der Waals surface area contributed by atoms with Crippen LogP contribution in [0.4, 0.5) is 13.6 Å². The molecule has 138 valence electrons. The Kier molecular flexibility index (Phi) is 6.09. The van der Waals surface area contributed by atoms with Gasteiger partial charge >= 0.3 is 12.1 Å². The Morgan fingerprint density at radius 1 is 1.46 bits per heavy atom. The number of aliphatic hydroxyl groups excluding tert-OH is 1. The monoisotopic (exact) mass is 352 g/mol. The number of ether oxygens (including phenoxy) is 1. The Morgan fingerprint density at radius 2 is 2.04 bits per heavy atom. The van der Waals surface area contributed by atoms with Crippen LogP contribution >= 0.6 is 0 Å². The largest absolute Gasteiger partial charge is 0.480 e. The highest BCUT2D eigenvalue weighted by Gasteiger charge is 2.48. The maximum atomic E-state index is 13.5. The highest BCUT2D eigenvalue weighted by atomic mass is 19.3. The van der Waals surface area contributed by atoms with E-state index in [-0.39, 0.29) is 6.42 Å². The number of halogens is 2. The first-order valence-electron chi connectivity index (χ1n) is 7.41. The third kappa shape index (κ3) is 5.59. The van der Waals surface area contributed by atoms with Gasteiger partial charge in [-0.05, 0) is 27.2 Å². The van der Waals surface area contributed by atoms with E-state index >= 15 is 0 Å². The second kappa shape index (κ2) is 7.29. The maximum Gasteiger partial charge on any atom is 0.408 e. The number of amides is 2. The first kappa shape index (κ1) is 20.1. The number of piperidine rings is 1. The van der Waals surface area contributed by atoms with E-state index in [1.54, 1.807) is 20.8 Å². The number of hydrogen-bond donors (Lipinski definition) is 3. The van der Waals surface area contributed by atoms with Crippen LogP contribution in [0.1, 0.15) is 40.0 Å². The summed E-state index contributed by atoms with van der Waals surface area (Å²) in [6.07, 6.45) is -4.85. The van der Waals surface area contributed by atoms with Crippen LogP contribution in [0.15, 0.2) is 0 Å². The van der Waals surface area contributed by atoms with Crippen molar-refractivity contribution >= 4 is 18.0 Å². The number of alkyl halides is 2. The number of alkyl carbamates (subject to hydrolysis) is 1. The number of nitrogens with zero attached hydrogens (tertiary/aromatic N) is 1. The van der Waals surface area contributed by atoms with Gasteiger partial charge in [0.1, 0.15) is 11.6 Å². The number of aliphatic carboxylic acids is 1. The minimum Gasteiger partial charge on any atom is -0.480 e. The van der Waals surface area contributed by atoms with Crippen LogP contribution < -0.4 is 5.32 Å². The fourth-order valence-corrected chi connectivity index (χ4v) is 2.13. The van der Waals surface area contributed by atoms with Crippen molar-refractivity contribution < 1.29 is 38.1 Å². The summed E-state index contributed by atoms with van der Waals surface area (Å²) in [6.45, 7) is 4.33. The molecule has 0 aliphatic carbocycles. The molecule has 0 aromatic carbocycles. The smallest absolute Gasteiger partial charge is 0.408 e. The number of likely N-dealkylation sites (tertiary alicyclic amines) is 1. The van der Waals surface area contributed by atoms with E-state index in [0.29, 0.717) is 4.90 Å². The quantitative estimate of drug-likeness (QED) is 0.678. The molecule has 2 unspecified atom stereocenters. The number of hydrogen-bond acceptors (Lipinski definition) is 5. The van der Waals surface area contributed by atoms with Crippen molar-refractivity contribution in [2.75, 3.05) is 6.54 Å². The van der Waals surface area contributed by atoms with E-state index in [2.05, 4.69) is 5.32 Å². The van der Waals surface area contributed by atoms with Crippen LogP contribution in [0.25, 0.3) is 0 Å². The summed E-state index contributed by atoms with van der Waals surface area (Å²) < 4.78 is 31.8. The van der Waals surface area contributed by atoms with Crippen LogP contribution in [0.5, 0.6) is 0 Å². The molecular formula is C14H22F2N2O6. The van der Waals surface area contributed by atoms with Crippen LogP contribution in [0, 0.1) is 0 Å². The lowest BCUT2D eigenvalue weighted by Gasteiger charge is -2.37. The minimum absolute atomic E-state index is 0.354. The molecule has 1 aliphatic heterocycles. The van der Waals surface area contributed by atoms with Crippen molar-refractivity contribution in [3.63, 3.8) is 0 Å². The van der Waals surface area contributed by atoms with Crippen molar-refractivity contribution in [3.8, 4) is 0 Å². The normalized spacial score (nSPS) is 22.0. The lowest BCUT2D eigenvalue weighted by molar-refractivity contribution is -0.205.